The number of halogens is 5. The van der Waals surface area contributed by atoms with Gasteiger partial charge < -0.3 is 4.74 Å². The molecule has 1 aliphatic heterocycles. The summed E-state index contributed by atoms with van der Waals surface area (Å²) in [6.07, 6.45) is -2.51. The normalized spacial score (nSPS) is 14.3. The van der Waals surface area contributed by atoms with Crippen LogP contribution in [0.25, 0.3) is 16.9 Å². The first kappa shape index (κ1) is 27.7. The van der Waals surface area contributed by atoms with Gasteiger partial charge in [-0.15, -0.1) is 0 Å². The monoisotopic (exact) mass is 569 g/mol. The quantitative estimate of drug-likeness (QED) is 0.396. The number of hydrogen-bond acceptors (Lipinski definition) is 5. The fourth-order valence-electron chi connectivity index (χ4n) is 4.21. The first-order valence-corrected chi connectivity index (χ1v) is 12.4. The van der Waals surface area contributed by atoms with Gasteiger partial charge in [-0.05, 0) is 43.2 Å². The van der Waals surface area contributed by atoms with E-state index in [4.69, 9.17) is 27.9 Å². The minimum Gasteiger partial charge on any atom is -0.452 e. The highest BCUT2D eigenvalue weighted by Crippen LogP contribution is 2.39. The fourth-order valence-corrected chi connectivity index (χ4v) is 4.70. The number of amides is 2. The predicted molar refractivity (Wildman–Crippen MR) is 138 cm³/mol. The van der Waals surface area contributed by atoms with Gasteiger partial charge in [0.05, 0.1) is 29.1 Å². The topological polar surface area (TPSA) is 79.7 Å². The molecule has 2 aromatic carbocycles. The lowest BCUT2D eigenvalue weighted by molar-refractivity contribution is -0.137. The minimum absolute atomic E-state index is 0.0251. The van der Waals surface area contributed by atoms with E-state index in [0.717, 1.165) is 36.3 Å². The van der Waals surface area contributed by atoms with Gasteiger partial charge in [-0.25, -0.2) is 14.5 Å². The highest BCUT2D eigenvalue weighted by molar-refractivity contribution is 6.35. The average molecular weight is 570 g/mol. The Morgan fingerprint density at radius 2 is 1.71 bits per heavy atom. The van der Waals surface area contributed by atoms with Crippen molar-refractivity contribution < 1.29 is 27.5 Å². The molecule has 3 aromatic rings. The Kier molecular flexibility index (Phi) is 8.19. The number of rotatable bonds is 5. The molecule has 0 bridgehead atoms. The number of alkyl halides is 3. The Balaban J connectivity index is 1.95. The molecule has 1 fully saturated rings. The fraction of sp³-hybridized carbons (Fsp3) is 0.320. The molecule has 0 atom stereocenters. The zero-order valence-corrected chi connectivity index (χ0v) is 22.0. The lowest BCUT2D eigenvalue weighted by Crippen LogP contribution is -2.45. The van der Waals surface area contributed by atoms with E-state index in [9.17, 15) is 22.8 Å². The van der Waals surface area contributed by atoms with Crippen LogP contribution in [0.15, 0.2) is 42.5 Å². The second-order valence-electron chi connectivity index (χ2n) is 8.65. The van der Waals surface area contributed by atoms with Crippen molar-refractivity contribution >= 4 is 40.9 Å². The summed E-state index contributed by atoms with van der Waals surface area (Å²) in [5.74, 6) is -0.602. The Bertz CT molecular complexity index is 1340. The number of benzene rings is 2. The van der Waals surface area contributed by atoms with Gasteiger partial charge in [0.15, 0.2) is 5.69 Å². The maximum atomic E-state index is 13.5. The zero-order chi connectivity index (χ0) is 27.6. The average Bonchev–Trinajstić information content (AvgIpc) is 3.28. The molecule has 13 heteroatoms. The third-order valence-corrected chi connectivity index (χ3v) is 6.64. The summed E-state index contributed by atoms with van der Waals surface area (Å²) in [7, 11) is 2.55. The zero-order valence-electron chi connectivity index (χ0n) is 20.5. The van der Waals surface area contributed by atoms with Gasteiger partial charge in [0.2, 0.25) is 0 Å². The molecule has 0 aliphatic carbocycles. The maximum absolute atomic E-state index is 13.5. The van der Waals surface area contributed by atoms with Gasteiger partial charge in [-0.2, -0.15) is 18.3 Å². The first-order valence-electron chi connectivity index (χ1n) is 11.6. The summed E-state index contributed by atoms with van der Waals surface area (Å²) in [6.45, 7) is 1.28. The van der Waals surface area contributed by atoms with Crippen LogP contribution in [-0.4, -0.2) is 54.0 Å². The lowest BCUT2D eigenvalue weighted by atomic mass is 10.1. The standard InChI is InChI=1S/C25H24Cl2F3N5O3/c1-33(24(37)38-2)22-20(23(36)32-34-12-4-3-5-13-34)31-35(19-11-10-17(26)14-18(19)27)21(22)15-6-8-16(9-7-15)25(28,29)30/h6-11,14H,3-5,12-13H2,1-2H3,(H,32,36). The number of carbonyl (C=O) groups excluding carboxylic acids is 2. The molecule has 1 aromatic heterocycles. The molecule has 0 saturated carbocycles. The van der Waals surface area contributed by atoms with Crippen LogP contribution in [0, 0.1) is 0 Å². The van der Waals surface area contributed by atoms with E-state index in [0.29, 0.717) is 23.8 Å². The van der Waals surface area contributed by atoms with Crippen molar-refractivity contribution in [1.29, 1.82) is 0 Å². The van der Waals surface area contributed by atoms with Crippen molar-refractivity contribution in [2.75, 3.05) is 32.1 Å². The predicted octanol–water partition coefficient (Wildman–Crippen LogP) is 6.20. The largest absolute Gasteiger partial charge is 0.452 e. The third-order valence-electron chi connectivity index (χ3n) is 6.10. The van der Waals surface area contributed by atoms with Crippen LogP contribution in [-0.2, 0) is 10.9 Å². The van der Waals surface area contributed by atoms with Crippen molar-refractivity contribution in [3.8, 4) is 16.9 Å². The molecule has 1 saturated heterocycles. The molecule has 38 heavy (non-hydrogen) atoms. The molecule has 1 N–H and O–H groups in total. The van der Waals surface area contributed by atoms with Gasteiger partial charge in [-0.1, -0.05) is 41.8 Å². The second kappa shape index (κ2) is 11.2. The van der Waals surface area contributed by atoms with Gasteiger partial charge >= 0.3 is 12.3 Å². The maximum Gasteiger partial charge on any atom is 0.416 e. The molecule has 2 amide bonds. The summed E-state index contributed by atoms with van der Waals surface area (Å²) >= 11 is 12.5. The van der Waals surface area contributed by atoms with E-state index < -0.39 is 23.7 Å². The van der Waals surface area contributed by atoms with E-state index in [1.54, 1.807) is 17.1 Å². The lowest BCUT2D eigenvalue weighted by Gasteiger charge is -2.26. The van der Waals surface area contributed by atoms with Crippen LogP contribution < -0.4 is 10.3 Å². The first-order chi connectivity index (χ1) is 18.0. The minimum atomic E-state index is -4.55. The molecule has 1 aliphatic rings. The van der Waals surface area contributed by atoms with Crippen LogP contribution in [0.1, 0.15) is 35.3 Å². The number of aromatic nitrogens is 2. The van der Waals surface area contributed by atoms with E-state index in [2.05, 4.69) is 10.5 Å². The van der Waals surface area contributed by atoms with Crippen LogP contribution >= 0.6 is 23.2 Å². The molecule has 0 radical (unpaired) electrons. The molecule has 0 unspecified atom stereocenters. The van der Waals surface area contributed by atoms with Crippen molar-refractivity contribution in [1.82, 2.24) is 20.2 Å². The number of hydrazine groups is 1. The second-order valence-corrected chi connectivity index (χ2v) is 9.49. The number of hydrogen-bond donors (Lipinski definition) is 1. The Hall–Kier alpha value is -3.28. The summed E-state index contributed by atoms with van der Waals surface area (Å²) < 4.78 is 46.0. The third kappa shape index (κ3) is 5.74. The van der Waals surface area contributed by atoms with Crippen LogP contribution in [0.3, 0.4) is 0 Å². The number of methoxy groups -OCH3 is 1. The van der Waals surface area contributed by atoms with Crippen LogP contribution in [0.5, 0.6) is 0 Å². The number of nitrogens with one attached hydrogen (secondary N) is 1. The van der Waals surface area contributed by atoms with Gasteiger partial charge in [0.1, 0.15) is 5.69 Å². The molecule has 202 valence electrons. The molecular weight excluding hydrogens is 546 g/mol. The number of ether oxygens (including phenoxy) is 1. The van der Waals surface area contributed by atoms with E-state index in [-0.39, 0.29) is 27.7 Å². The van der Waals surface area contributed by atoms with E-state index in [1.165, 1.54) is 37.0 Å². The Morgan fingerprint density at radius 1 is 1.05 bits per heavy atom. The number of anilines is 1. The van der Waals surface area contributed by atoms with Crippen LogP contribution in [0.4, 0.5) is 23.7 Å². The van der Waals surface area contributed by atoms with E-state index >= 15 is 0 Å². The molecular formula is C25H24Cl2F3N5O3. The van der Waals surface area contributed by atoms with Crippen molar-refractivity contribution in [2.24, 2.45) is 0 Å². The molecule has 2 heterocycles. The van der Waals surface area contributed by atoms with Crippen molar-refractivity contribution in [3.63, 3.8) is 0 Å². The summed E-state index contributed by atoms with van der Waals surface area (Å²) in [6, 6.07) is 8.87. The number of nitrogens with zero attached hydrogens (tertiary/aromatic N) is 4. The van der Waals surface area contributed by atoms with Gasteiger partial charge in [0, 0.05) is 30.7 Å². The highest BCUT2D eigenvalue weighted by Gasteiger charge is 2.33. The molecule has 8 nitrogen and oxygen atoms in total. The SMILES string of the molecule is COC(=O)N(C)c1c(C(=O)NN2CCCCC2)nn(-c2ccc(Cl)cc2Cl)c1-c1ccc(C(F)(F)F)cc1. The number of piperidine rings is 1. The smallest absolute Gasteiger partial charge is 0.416 e. The van der Waals surface area contributed by atoms with Crippen molar-refractivity contribution in [3.05, 3.63) is 63.8 Å². The van der Waals surface area contributed by atoms with Crippen LogP contribution in [0.2, 0.25) is 10.0 Å². The van der Waals surface area contributed by atoms with Gasteiger partial charge in [0.25, 0.3) is 5.91 Å². The summed E-state index contributed by atoms with van der Waals surface area (Å²) in [4.78, 5) is 27.2. The Morgan fingerprint density at radius 3 is 2.29 bits per heavy atom. The van der Waals surface area contributed by atoms with Crippen molar-refractivity contribution in [2.45, 2.75) is 25.4 Å². The van der Waals surface area contributed by atoms with Gasteiger partial charge in [-0.3, -0.25) is 15.1 Å². The Labute approximate surface area is 226 Å². The number of carbonyl (C=O) groups is 2. The molecule has 0 spiro atoms. The molecule has 4 rings (SSSR count). The summed E-state index contributed by atoms with van der Waals surface area (Å²) in [5, 5.41) is 6.78. The van der Waals surface area contributed by atoms with E-state index in [1.807, 2.05) is 0 Å². The highest BCUT2D eigenvalue weighted by atomic mass is 35.5. The summed E-state index contributed by atoms with van der Waals surface area (Å²) in [5.41, 5.74) is 2.53.